The molecule has 1 aromatic carbocycles. The van der Waals surface area contributed by atoms with Crippen molar-refractivity contribution in [3.8, 4) is 11.4 Å². The fourth-order valence-electron chi connectivity index (χ4n) is 1.64. The highest BCUT2D eigenvalue weighted by atomic mass is 79.9. The Balaban J connectivity index is 2.52. The molecule has 0 spiro atoms. The second-order valence-corrected chi connectivity index (χ2v) is 5.12. The summed E-state index contributed by atoms with van der Waals surface area (Å²) in [5.74, 6) is 0.957. The van der Waals surface area contributed by atoms with Crippen LogP contribution in [0, 0.1) is 0 Å². The van der Waals surface area contributed by atoms with Crippen molar-refractivity contribution in [3.05, 3.63) is 40.1 Å². The molecular formula is C12H12BrClN2. The SMILES string of the molecule is CC(C)n1c(Br)cnc1-c1ccc(Cl)cc1. The molecule has 0 fully saturated rings. The zero-order chi connectivity index (χ0) is 11.7. The summed E-state index contributed by atoms with van der Waals surface area (Å²) in [6.07, 6.45) is 1.82. The second-order valence-electron chi connectivity index (χ2n) is 3.88. The summed E-state index contributed by atoms with van der Waals surface area (Å²) < 4.78 is 3.14. The molecule has 0 saturated carbocycles. The van der Waals surface area contributed by atoms with Crippen LogP contribution in [0.4, 0.5) is 0 Å². The topological polar surface area (TPSA) is 17.8 Å². The second kappa shape index (κ2) is 4.60. The van der Waals surface area contributed by atoms with E-state index in [2.05, 4.69) is 39.3 Å². The molecule has 0 unspecified atom stereocenters. The first-order valence-corrected chi connectivity index (χ1v) is 6.25. The molecule has 0 aliphatic carbocycles. The molecule has 0 saturated heterocycles. The van der Waals surface area contributed by atoms with Crippen LogP contribution in [0.5, 0.6) is 0 Å². The highest BCUT2D eigenvalue weighted by Gasteiger charge is 2.12. The summed E-state index contributed by atoms with van der Waals surface area (Å²) in [6.45, 7) is 4.26. The van der Waals surface area contributed by atoms with E-state index in [9.17, 15) is 0 Å². The molecule has 4 heteroatoms. The van der Waals surface area contributed by atoms with Crippen molar-refractivity contribution < 1.29 is 0 Å². The number of hydrogen-bond donors (Lipinski definition) is 0. The number of benzene rings is 1. The quantitative estimate of drug-likeness (QED) is 0.795. The van der Waals surface area contributed by atoms with E-state index in [1.807, 2.05) is 30.5 Å². The zero-order valence-electron chi connectivity index (χ0n) is 9.11. The summed E-state index contributed by atoms with van der Waals surface area (Å²) in [6, 6.07) is 8.09. The summed E-state index contributed by atoms with van der Waals surface area (Å²) in [7, 11) is 0. The molecule has 2 rings (SSSR count). The van der Waals surface area contributed by atoms with Gasteiger partial charge in [0.15, 0.2) is 0 Å². The van der Waals surface area contributed by atoms with Crippen LogP contribution in [-0.4, -0.2) is 9.55 Å². The molecule has 0 radical (unpaired) electrons. The molecule has 0 bridgehead atoms. The summed E-state index contributed by atoms with van der Waals surface area (Å²) >= 11 is 9.37. The predicted molar refractivity (Wildman–Crippen MR) is 70.8 cm³/mol. The van der Waals surface area contributed by atoms with E-state index in [0.29, 0.717) is 6.04 Å². The van der Waals surface area contributed by atoms with E-state index in [0.717, 1.165) is 21.0 Å². The highest BCUT2D eigenvalue weighted by molar-refractivity contribution is 9.10. The average Bonchev–Trinajstić information content (AvgIpc) is 2.61. The van der Waals surface area contributed by atoms with Gasteiger partial charge in [-0.05, 0) is 54.0 Å². The van der Waals surface area contributed by atoms with Gasteiger partial charge in [0.2, 0.25) is 0 Å². The van der Waals surface area contributed by atoms with E-state index in [4.69, 9.17) is 11.6 Å². The van der Waals surface area contributed by atoms with Gasteiger partial charge in [-0.25, -0.2) is 4.98 Å². The van der Waals surface area contributed by atoms with E-state index >= 15 is 0 Å². The average molecular weight is 300 g/mol. The van der Waals surface area contributed by atoms with Crippen LogP contribution in [0.25, 0.3) is 11.4 Å². The minimum Gasteiger partial charge on any atom is -0.316 e. The van der Waals surface area contributed by atoms with E-state index < -0.39 is 0 Å². The van der Waals surface area contributed by atoms with Gasteiger partial charge in [0.25, 0.3) is 0 Å². The first kappa shape index (κ1) is 11.7. The third kappa shape index (κ3) is 2.15. The van der Waals surface area contributed by atoms with E-state index in [-0.39, 0.29) is 0 Å². The third-order valence-corrected chi connectivity index (χ3v) is 3.21. The van der Waals surface area contributed by atoms with Gasteiger partial charge in [-0.2, -0.15) is 0 Å². The maximum atomic E-state index is 5.87. The first-order valence-electron chi connectivity index (χ1n) is 5.08. The highest BCUT2D eigenvalue weighted by Crippen LogP contribution is 2.27. The van der Waals surface area contributed by atoms with Crippen LogP contribution in [0.1, 0.15) is 19.9 Å². The lowest BCUT2D eigenvalue weighted by molar-refractivity contribution is 0.596. The Kier molecular flexibility index (Phi) is 3.36. The summed E-state index contributed by atoms with van der Waals surface area (Å²) in [4.78, 5) is 4.41. The van der Waals surface area contributed by atoms with Crippen LogP contribution in [0.15, 0.2) is 35.1 Å². The maximum Gasteiger partial charge on any atom is 0.141 e. The smallest absolute Gasteiger partial charge is 0.141 e. The normalized spacial score (nSPS) is 11.1. The lowest BCUT2D eigenvalue weighted by Crippen LogP contribution is -2.03. The Labute approximate surface area is 108 Å². The number of halogens is 2. The lowest BCUT2D eigenvalue weighted by atomic mass is 10.2. The van der Waals surface area contributed by atoms with Gasteiger partial charge in [-0.1, -0.05) is 11.6 Å². The van der Waals surface area contributed by atoms with Crippen LogP contribution >= 0.6 is 27.5 Å². The molecule has 0 N–H and O–H groups in total. The number of hydrogen-bond acceptors (Lipinski definition) is 1. The molecule has 16 heavy (non-hydrogen) atoms. The van der Waals surface area contributed by atoms with Crippen LogP contribution in [0.3, 0.4) is 0 Å². The van der Waals surface area contributed by atoms with E-state index in [1.165, 1.54) is 0 Å². The maximum absolute atomic E-state index is 5.87. The molecule has 0 atom stereocenters. The molecular weight excluding hydrogens is 288 g/mol. The molecule has 0 aliphatic rings. The Bertz CT molecular complexity index is 488. The lowest BCUT2D eigenvalue weighted by Gasteiger charge is -2.13. The number of rotatable bonds is 2. The fourth-order valence-corrected chi connectivity index (χ4v) is 2.45. The van der Waals surface area contributed by atoms with Gasteiger partial charge in [0.1, 0.15) is 10.4 Å². The number of nitrogens with zero attached hydrogens (tertiary/aromatic N) is 2. The van der Waals surface area contributed by atoms with Gasteiger partial charge >= 0.3 is 0 Å². The van der Waals surface area contributed by atoms with Crippen LogP contribution < -0.4 is 0 Å². The largest absolute Gasteiger partial charge is 0.316 e. The monoisotopic (exact) mass is 298 g/mol. The molecule has 84 valence electrons. The summed E-state index contributed by atoms with van der Waals surface area (Å²) in [5.41, 5.74) is 1.07. The van der Waals surface area contributed by atoms with Crippen molar-refractivity contribution in [1.82, 2.24) is 9.55 Å². The predicted octanol–water partition coefficient (Wildman–Crippen LogP) is 4.55. The minimum atomic E-state index is 0.363. The Morgan fingerprint density at radius 1 is 1.25 bits per heavy atom. The number of imidazole rings is 1. The molecule has 1 aromatic heterocycles. The van der Waals surface area contributed by atoms with Crippen LogP contribution in [0.2, 0.25) is 5.02 Å². The summed E-state index contributed by atoms with van der Waals surface area (Å²) in [5, 5.41) is 0.741. The Hall–Kier alpha value is -0.800. The molecule has 2 aromatic rings. The van der Waals surface area contributed by atoms with Crippen molar-refractivity contribution in [2.24, 2.45) is 0 Å². The van der Waals surface area contributed by atoms with Gasteiger partial charge < -0.3 is 4.57 Å². The van der Waals surface area contributed by atoms with Crippen molar-refractivity contribution in [2.45, 2.75) is 19.9 Å². The molecule has 0 amide bonds. The van der Waals surface area contributed by atoms with Gasteiger partial charge in [-0.15, -0.1) is 0 Å². The van der Waals surface area contributed by atoms with Gasteiger partial charge in [0, 0.05) is 16.6 Å². The van der Waals surface area contributed by atoms with Crippen molar-refractivity contribution >= 4 is 27.5 Å². The van der Waals surface area contributed by atoms with Gasteiger partial charge in [0.05, 0.1) is 6.20 Å². The van der Waals surface area contributed by atoms with Crippen LogP contribution in [-0.2, 0) is 0 Å². The molecule has 2 nitrogen and oxygen atoms in total. The zero-order valence-corrected chi connectivity index (χ0v) is 11.5. The third-order valence-electron chi connectivity index (χ3n) is 2.37. The van der Waals surface area contributed by atoms with E-state index in [1.54, 1.807) is 0 Å². The first-order chi connectivity index (χ1) is 7.59. The fraction of sp³-hybridized carbons (Fsp3) is 0.250. The number of aromatic nitrogens is 2. The molecule has 1 heterocycles. The minimum absolute atomic E-state index is 0.363. The standard InChI is InChI=1S/C12H12BrClN2/c1-8(2)16-11(13)7-15-12(16)9-3-5-10(14)6-4-9/h3-8H,1-2H3. The Morgan fingerprint density at radius 2 is 1.88 bits per heavy atom. The van der Waals surface area contributed by atoms with Gasteiger partial charge in [-0.3, -0.25) is 0 Å². The Morgan fingerprint density at radius 3 is 2.44 bits per heavy atom. The van der Waals surface area contributed by atoms with Crippen molar-refractivity contribution in [3.63, 3.8) is 0 Å². The molecule has 0 aliphatic heterocycles. The van der Waals surface area contributed by atoms with Crippen molar-refractivity contribution in [2.75, 3.05) is 0 Å². The van der Waals surface area contributed by atoms with Crippen molar-refractivity contribution in [1.29, 1.82) is 0 Å².